The number of nitrogens with one attached hydrogen (secondary N) is 1. The second-order valence-corrected chi connectivity index (χ2v) is 5.32. The van der Waals surface area contributed by atoms with Crippen molar-refractivity contribution in [1.29, 1.82) is 0 Å². The highest BCUT2D eigenvalue weighted by atomic mass is 32.2. The lowest BCUT2D eigenvalue weighted by Crippen LogP contribution is -2.10. The average molecular weight is 278 g/mol. The molecule has 0 bridgehead atoms. The zero-order chi connectivity index (χ0) is 13.2. The predicted molar refractivity (Wildman–Crippen MR) is 70.2 cm³/mol. The first kappa shape index (κ1) is 12.3. The lowest BCUT2D eigenvalue weighted by molar-refractivity contribution is 0.565. The van der Waals surface area contributed by atoms with Crippen molar-refractivity contribution >= 4 is 17.6 Å². The molecule has 9 heteroatoms. The van der Waals surface area contributed by atoms with Crippen LogP contribution in [0.15, 0.2) is 11.2 Å². The van der Waals surface area contributed by atoms with E-state index in [2.05, 4.69) is 30.9 Å². The van der Waals surface area contributed by atoms with Crippen LogP contribution in [-0.2, 0) is 5.75 Å². The molecule has 2 heterocycles. The van der Waals surface area contributed by atoms with Gasteiger partial charge in [-0.3, -0.25) is 0 Å². The maximum Gasteiger partial charge on any atom is 0.210 e. The molecule has 2 aromatic heterocycles. The van der Waals surface area contributed by atoms with Gasteiger partial charge in [-0.1, -0.05) is 11.8 Å². The Kier molecular flexibility index (Phi) is 3.30. The summed E-state index contributed by atoms with van der Waals surface area (Å²) in [5.41, 5.74) is 3.41. The normalized spacial score (nSPS) is 14.6. The Morgan fingerprint density at radius 1 is 1.47 bits per heavy atom. The molecule has 19 heavy (non-hydrogen) atoms. The highest BCUT2D eigenvalue weighted by Crippen LogP contribution is 2.36. The summed E-state index contributed by atoms with van der Waals surface area (Å²) in [7, 11) is 0. The van der Waals surface area contributed by atoms with Gasteiger partial charge in [0.05, 0.1) is 11.8 Å². The van der Waals surface area contributed by atoms with Gasteiger partial charge >= 0.3 is 0 Å². The Hall–Kier alpha value is -1.74. The number of tetrazole rings is 1. The highest BCUT2D eigenvalue weighted by Gasteiger charge is 2.27. The van der Waals surface area contributed by atoms with Crippen molar-refractivity contribution in [2.24, 2.45) is 5.84 Å². The van der Waals surface area contributed by atoms with Crippen LogP contribution in [0.3, 0.4) is 0 Å². The molecule has 3 N–H and O–H groups in total. The maximum absolute atomic E-state index is 5.37. The van der Waals surface area contributed by atoms with Gasteiger partial charge in [0.2, 0.25) is 5.16 Å². The fourth-order valence-electron chi connectivity index (χ4n) is 1.73. The molecule has 0 aliphatic heterocycles. The van der Waals surface area contributed by atoms with Gasteiger partial charge in [-0.05, 0) is 30.2 Å². The standard InChI is InChI=1S/C10H14N8S/c1-6-4-8(14-11)13-9(12-6)5-19-10-15-16-17-18(10)7-2-3-7/h4,7H,2-3,5,11H2,1H3,(H,12,13,14). The molecule has 0 saturated heterocycles. The molecule has 3 rings (SSSR count). The first-order chi connectivity index (χ1) is 9.26. The van der Waals surface area contributed by atoms with E-state index in [1.807, 2.05) is 11.6 Å². The minimum Gasteiger partial charge on any atom is -0.308 e. The van der Waals surface area contributed by atoms with Gasteiger partial charge in [-0.2, -0.15) is 0 Å². The predicted octanol–water partition coefficient (Wildman–Crippen LogP) is 0.684. The van der Waals surface area contributed by atoms with Gasteiger partial charge in [-0.25, -0.2) is 20.5 Å². The number of aryl methyl sites for hydroxylation is 1. The Balaban J connectivity index is 1.71. The summed E-state index contributed by atoms with van der Waals surface area (Å²) in [5.74, 6) is 7.31. The fourth-order valence-corrected chi connectivity index (χ4v) is 2.53. The van der Waals surface area contributed by atoms with Crippen LogP contribution >= 0.6 is 11.8 Å². The van der Waals surface area contributed by atoms with Crippen molar-refractivity contribution in [3.63, 3.8) is 0 Å². The van der Waals surface area contributed by atoms with Gasteiger partial charge in [-0.15, -0.1) is 5.10 Å². The third-order valence-corrected chi connectivity index (χ3v) is 3.66. The molecule has 0 spiro atoms. The monoisotopic (exact) mass is 278 g/mol. The Morgan fingerprint density at radius 2 is 2.32 bits per heavy atom. The maximum atomic E-state index is 5.37. The zero-order valence-corrected chi connectivity index (χ0v) is 11.3. The fraction of sp³-hybridized carbons (Fsp3) is 0.500. The van der Waals surface area contributed by atoms with E-state index >= 15 is 0 Å². The van der Waals surface area contributed by atoms with E-state index in [4.69, 9.17) is 5.84 Å². The first-order valence-electron chi connectivity index (χ1n) is 5.98. The summed E-state index contributed by atoms with van der Waals surface area (Å²) < 4.78 is 1.88. The molecule has 100 valence electrons. The molecule has 0 amide bonds. The van der Waals surface area contributed by atoms with Crippen LogP contribution in [-0.4, -0.2) is 30.2 Å². The molecule has 1 aliphatic carbocycles. The molecule has 2 aromatic rings. The highest BCUT2D eigenvalue weighted by molar-refractivity contribution is 7.98. The van der Waals surface area contributed by atoms with Gasteiger partial charge < -0.3 is 5.43 Å². The van der Waals surface area contributed by atoms with Crippen molar-refractivity contribution in [2.75, 3.05) is 5.43 Å². The SMILES string of the molecule is Cc1cc(NN)nc(CSc2nnnn2C2CC2)n1. The first-order valence-corrected chi connectivity index (χ1v) is 6.96. The number of rotatable bonds is 5. The molecule has 0 aromatic carbocycles. The van der Waals surface area contributed by atoms with Crippen LogP contribution in [0.4, 0.5) is 5.82 Å². The van der Waals surface area contributed by atoms with Crippen molar-refractivity contribution < 1.29 is 0 Å². The van der Waals surface area contributed by atoms with E-state index in [1.165, 1.54) is 11.8 Å². The summed E-state index contributed by atoms with van der Waals surface area (Å²) in [6, 6.07) is 2.26. The van der Waals surface area contributed by atoms with Crippen molar-refractivity contribution in [2.45, 2.75) is 36.7 Å². The summed E-state index contributed by atoms with van der Waals surface area (Å²) >= 11 is 1.54. The number of hydrazine groups is 1. The van der Waals surface area contributed by atoms with Crippen molar-refractivity contribution in [3.05, 3.63) is 17.6 Å². The number of anilines is 1. The van der Waals surface area contributed by atoms with Gasteiger partial charge in [0.1, 0.15) is 11.6 Å². The second kappa shape index (κ2) is 5.10. The van der Waals surface area contributed by atoms with Crippen LogP contribution < -0.4 is 11.3 Å². The lowest BCUT2D eigenvalue weighted by atomic mass is 10.4. The Morgan fingerprint density at radius 3 is 3.05 bits per heavy atom. The van der Waals surface area contributed by atoms with E-state index in [-0.39, 0.29) is 0 Å². The summed E-state index contributed by atoms with van der Waals surface area (Å²) in [6.45, 7) is 1.91. The van der Waals surface area contributed by atoms with Gasteiger partial charge in [0.15, 0.2) is 0 Å². The lowest BCUT2D eigenvalue weighted by Gasteiger charge is -2.05. The largest absolute Gasteiger partial charge is 0.308 e. The number of nitrogen functional groups attached to an aromatic ring is 1. The molecule has 0 unspecified atom stereocenters. The molecule has 0 atom stereocenters. The molecule has 0 radical (unpaired) electrons. The van der Waals surface area contributed by atoms with Gasteiger partial charge in [0, 0.05) is 11.8 Å². The third-order valence-electron chi connectivity index (χ3n) is 2.73. The number of aromatic nitrogens is 6. The second-order valence-electron chi connectivity index (χ2n) is 4.38. The van der Waals surface area contributed by atoms with Crippen LogP contribution in [0.5, 0.6) is 0 Å². The van der Waals surface area contributed by atoms with E-state index in [0.29, 0.717) is 23.4 Å². The third kappa shape index (κ3) is 2.82. The number of nitrogens with zero attached hydrogens (tertiary/aromatic N) is 6. The Bertz CT molecular complexity index is 579. The van der Waals surface area contributed by atoms with E-state index in [0.717, 1.165) is 23.7 Å². The summed E-state index contributed by atoms with van der Waals surface area (Å²) in [5, 5.41) is 12.6. The average Bonchev–Trinajstić information content (AvgIpc) is 3.14. The molecule has 1 fully saturated rings. The topological polar surface area (TPSA) is 107 Å². The zero-order valence-electron chi connectivity index (χ0n) is 10.4. The number of hydrogen-bond acceptors (Lipinski definition) is 8. The molecular formula is C10H14N8S. The number of hydrogen-bond donors (Lipinski definition) is 2. The molecule has 8 nitrogen and oxygen atoms in total. The minimum atomic E-state index is 0.470. The van der Waals surface area contributed by atoms with Crippen LogP contribution in [0, 0.1) is 6.92 Å². The molecule has 1 aliphatic rings. The van der Waals surface area contributed by atoms with E-state index < -0.39 is 0 Å². The van der Waals surface area contributed by atoms with Crippen molar-refractivity contribution in [1.82, 2.24) is 30.2 Å². The van der Waals surface area contributed by atoms with E-state index in [9.17, 15) is 0 Å². The molecular weight excluding hydrogens is 264 g/mol. The van der Waals surface area contributed by atoms with Crippen molar-refractivity contribution in [3.8, 4) is 0 Å². The minimum absolute atomic E-state index is 0.470. The van der Waals surface area contributed by atoms with Crippen LogP contribution in [0.1, 0.15) is 30.4 Å². The van der Waals surface area contributed by atoms with E-state index in [1.54, 1.807) is 6.07 Å². The Labute approximate surface area is 114 Å². The van der Waals surface area contributed by atoms with Gasteiger partial charge in [0.25, 0.3) is 0 Å². The summed E-state index contributed by atoms with van der Waals surface area (Å²) in [4.78, 5) is 8.66. The number of nitrogens with two attached hydrogens (primary N) is 1. The van der Waals surface area contributed by atoms with Crippen LogP contribution in [0.25, 0.3) is 0 Å². The molecule has 1 saturated carbocycles. The quantitative estimate of drug-likeness (QED) is 0.467. The smallest absolute Gasteiger partial charge is 0.210 e. The summed E-state index contributed by atoms with van der Waals surface area (Å²) in [6.07, 6.45) is 2.31. The van der Waals surface area contributed by atoms with Crippen LogP contribution in [0.2, 0.25) is 0 Å². The number of thioether (sulfide) groups is 1.